The summed E-state index contributed by atoms with van der Waals surface area (Å²) in [6.45, 7) is 13.8. The van der Waals surface area contributed by atoms with Crippen molar-refractivity contribution in [1.82, 2.24) is 29.6 Å². The summed E-state index contributed by atoms with van der Waals surface area (Å²) in [7, 11) is 2.13. The third-order valence-corrected chi connectivity index (χ3v) is 4.88. The van der Waals surface area contributed by atoms with Gasteiger partial charge in [0.25, 0.3) is 0 Å². The quantitative estimate of drug-likeness (QED) is 0.675. The van der Waals surface area contributed by atoms with Gasteiger partial charge in [-0.25, -0.2) is 4.85 Å². The average Bonchev–Trinajstić information content (AvgIpc) is 3.35. The second-order valence-corrected chi connectivity index (χ2v) is 6.71. The molecule has 0 amide bonds. The third-order valence-electron chi connectivity index (χ3n) is 4.88. The summed E-state index contributed by atoms with van der Waals surface area (Å²) in [5.41, 5.74) is 2.94. The molecule has 3 aromatic heterocycles. The Morgan fingerprint density at radius 1 is 1.44 bits per heavy atom. The van der Waals surface area contributed by atoms with Gasteiger partial charge >= 0.3 is 0 Å². The summed E-state index contributed by atoms with van der Waals surface area (Å²) in [6.07, 6.45) is 4.52. The van der Waals surface area contributed by atoms with Crippen LogP contribution in [0, 0.1) is 13.5 Å². The van der Waals surface area contributed by atoms with E-state index in [2.05, 4.69) is 46.8 Å². The van der Waals surface area contributed by atoms with Gasteiger partial charge in [0.05, 0.1) is 42.2 Å². The Morgan fingerprint density at radius 2 is 2.30 bits per heavy atom. The minimum atomic E-state index is 0.387. The standard InChI is InChI=1S/C18H22N8O/c1-5-27-17-15-14(19-3)8-20-16(15)23-18(24-17)22-13-9-21-26(11(13)2)12-6-7-25(4)10-12/h8-9,12H,5-7,10H2,1-2,4H3,(H2,20,22,23,24)/t12-/m1/s1. The molecular weight excluding hydrogens is 344 g/mol. The number of likely N-dealkylation sites (tertiary alicyclic amines) is 1. The number of likely N-dealkylation sites (N-methyl/N-ethyl adjacent to an activating group) is 1. The highest BCUT2D eigenvalue weighted by molar-refractivity contribution is 5.95. The maximum absolute atomic E-state index is 7.30. The van der Waals surface area contributed by atoms with Gasteiger partial charge < -0.3 is 19.9 Å². The molecule has 0 radical (unpaired) electrons. The molecule has 1 atom stereocenters. The Hall–Kier alpha value is -3.12. The summed E-state index contributed by atoms with van der Waals surface area (Å²) in [5, 5.41) is 8.42. The van der Waals surface area contributed by atoms with Crippen LogP contribution < -0.4 is 10.1 Å². The Bertz CT molecular complexity index is 1010. The van der Waals surface area contributed by atoms with Gasteiger partial charge in [0.2, 0.25) is 17.5 Å². The Balaban J connectivity index is 1.66. The Labute approximate surface area is 157 Å². The van der Waals surface area contributed by atoms with Crippen LogP contribution in [0.1, 0.15) is 25.1 Å². The topological polar surface area (TPSA) is 88.2 Å². The third kappa shape index (κ3) is 3.08. The lowest BCUT2D eigenvalue weighted by Crippen LogP contribution is -2.18. The van der Waals surface area contributed by atoms with Crippen molar-refractivity contribution in [2.24, 2.45) is 0 Å². The molecular formula is C18H22N8O. The Kier molecular flexibility index (Phi) is 4.41. The van der Waals surface area contributed by atoms with E-state index < -0.39 is 0 Å². The lowest BCUT2D eigenvalue weighted by Gasteiger charge is -2.14. The van der Waals surface area contributed by atoms with Crippen LogP contribution in [-0.4, -0.2) is 56.4 Å². The molecule has 1 aliphatic rings. The molecule has 0 saturated carbocycles. The van der Waals surface area contributed by atoms with Crippen molar-refractivity contribution in [2.45, 2.75) is 26.3 Å². The van der Waals surface area contributed by atoms with E-state index in [0.29, 0.717) is 41.2 Å². The largest absolute Gasteiger partial charge is 0.478 e. The molecule has 0 bridgehead atoms. The van der Waals surface area contributed by atoms with Crippen molar-refractivity contribution in [1.29, 1.82) is 0 Å². The van der Waals surface area contributed by atoms with Crippen LogP contribution in [-0.2, 0) is 0 Å². The normalized spacial score (nSPS) is 17.3. The van der Waals surface area contributed by atoms with Crippen LogP contribution in [0.4, 0.5) is 17.3 Å². The van der Waals surface area contributed by atoms with Crippen molar-refractivity contribution in [3.8, 4) is 5.88 Å². The first-order valence-corrected chi connectivity index (χ1v) is 8.99. The lowest BCUT2D eigenvalue weighted by molar-refractivity contribution is 0.331. The van der Waals surface area contributed by atoms with Crippen molar-refractivity contribution >= 4 is 28.4 Å². The number of nitrogens with one attached hydrogen (secondary N) is 2. The number of nitrogens with zero attached hydrogens (tertiary/aromatic N) is 6. The molecule has 0 aromatic carbocycles. The molecule has 1 saturated heterocycles. The molecule has 27 heavy (non-hydrogen) atoms. The van der Waals surface area contributed by atoms with Crippen molar-refractivity contribution in [3.63, 3.8) is 0 Å². The van der Waals surface area contributed by atoms with Crippen LogP contribution >= 0.6 is 0 Å². The predicted molar refractivity (Wildman–Crippen MR) is 103 cm³/mol. The van der Waals surface area contributed by atoms with Crippen LogP contribution in [0.2, 0.25) is 0 Å². The van der Waals surface area contributed by atoms with E-state index in [0.717, 1.165) is 30.9 Å². The van der Waals surface area contributed by atoms with E-state index in [1.165, 1.54) is 0 Å². The SMILES string of the molecule is [C-]#[N+]c1c[nH]c2nc(Nc3cnn([C@@H]4CCN(C)C4)c3C)nc(OCC)c12. The highest BCUT2D eigenvalue weighted by atomic mass is 16.5. The number of aromatic amines is 1. The molecule has 4 rings (SSSR count). The molecule has 0 spiro atoms. The average molecular weight is 366 g/mol. The van der Waals surface area contributed by atoms with Crippen LogP contribution in [0.5, 0.6) is 5.88 Å². The number of rotatable bonds is 5. The van der Waals surface area contributed by atoms with Crippen LogP contribution in [0.25, 0.3) is 15.9 Å². The molecule has 1 fully saturated rings. The molecule has 9 nitrogen and oxygen atoms in total. The fourth-order valence-corrected chi connectivity index (χ4v) is 3.52. The predicted octanol–water partition coefficient (Wildman–Crippen LogP) is 3.03. The van der Waals surface area contributed by atoms with Gasteiger partial charge in [-0.3, -0.25) is 4.68 Å². The molecule has 140 valence electrons. The maximum atomic E-state index is 7.30. The number of ether oxygens (including phenoxy) is 1. The number of anilines is 2. The van der Waals surface area contributed by atoms with E-state index in [1.54, 1.807) is 12.4 Å². The number of hydrogen-bond donors (Lipinski definition) is 2. The van der Waals surface area contributed by atoms with Gasteiger partial charge in [-0.15, -0.1) is 0 Å². The molecule has 2 N–H and O–H groups in total. The molecule has 4 heterocycles. The van der Waals surface area contributed by atoms with E-state index in [4.69, 9.17) is 11.3 Å². The van der Waals surface area contributed by atoms with Crippen molar-refractivity contribution in [2.75, 3.05) is 32.1 Å². The molecule has 3 aromatic rings. The number of H-pyrrole nitrogens is 1. The van der Waals surface area contributed by atoms with Crippen molar-refractivity contribution < 1.29 is 4.74 Å². The van der Waals surface area contributed by atoms with E-state index in [1.807, 2.05) is 13.8 Å². The van der Waals surface area contributed by atoms with Gasteiger partial charge in [0, 0.05) is 12.7 Å². The highest BCUT2D eigenvalue weighted by Crippen LogP contribution is 2.34. The van der Waals surface area contributed by atoms with Gasteiger partial charge in [-0.05, 0) is 33.9 Å². The van der Waals surface area contributed by atoms with E-state index in [-0.39, 0.29) is 0 Å². The Morgan fingerprint density at radius 3 is 3.00 bits per heavy atom. The van der Waals surface area contributed by atoms with Crippen LogP contribution in [0.3, 0.4) is 0 Å². The van der Waals surface area contributed by atoms with Crippen LogP contribution in [0.15, 0.2) is 12.4 Å². The smallest absolute Gasteiger partial charge is 0.232 e. The van der Waals surface area contributed by atoms with Gasteiger partial charge in [0.1, 0.15) is 5.65 Å². The summed E-state index contributed by atoms with van der Waals surface area (Å²) in [5.74, 6) is 0.815. The second kappa shape index (κ2) is 6.89. The number of fused-ring (bicyclic) bond motifs is 1. The number of hydrogen-bond acceptors (Lipinski definition) is 6. The maximum Gasteiger partial charge on any atom is 0.232 e. The van der Waals surface area contributed by atoms with Gasteiger partial charge in [-0.2, -0.15) is 15.1 Å². The fraction of sp³-hybridized carbons (Fsp3) is 0.444. The summed E-state index contributed by atoms with van der Waals surface area (Å²) < 4.78 is 7.72. The zero-order chi connectivity index (χ0) is 19.0. The fourth-order valence-electron chi connectivity index (χ4n) is 3.52. The lowest BCUT2D eigenvalue weighted by atomic mass is 10.2. The van der Waals surface area contributed by atoms with Gasteiger partial charge in [0.15, 0.2) is 0 Å². The van der Waals surface area contributed by atoms with Crippen molar-refractivity contribution in [3.05, 3.63) is 29.5 Å². The minimum absolute atomic E-state index is 0.387. The zero-order valence-corrected chi connectivity index (χ0v) is 15.7. The highest BCUT2D eigenvalue weighted by Gasteiger charge is 2.24. The minimum Gasteiger partial charge on any atom is -0.478 e. The molecule has 1 aliphatic heterocycles. The monoisotopic (exact) mass is 366 g/mol. The summed E-state index contributed by atoms with van der Waals surface area (Å²) in [6, 6.07) is 0.387. The molecule has 9 heteroatoms. The summed E-state index contributed by atoms with van der Waals surface area (Å²) >= 11 is 0. The first kappa shape index (κ1) is 17.3. The second-order valence-electron chi connectivity index (χ2n) is 6.71. The molecule has 0 unspecified atom stereocenters. The van der Waals surface area contributed by atoms with Gasteiger partial charge in [-0.1, -0.05) is 0 Å². The first-order chi connectivity index (χ1) is 13.1. The first-order valence-electron chi connectivity index (χ1n) is 8.99. The summed E-state index contributed by atoms with van der Waals surface area (Å²) in [4.78, 5) is 17.8. The van der Waals surface area contributed by atoms with E-state index in [9.17, 15) is 0 Å². The van der Waals surface area contributed by atoms with E-state index >= 15 is 0 Å². The zero-order valence-electron chi connectivity index (χ0n) is 15.7. The molecule has 0 aliphatic carbocycles. The number of aromatic nitrogens is 5.